The molecule has 1 N–H and O–H groups in total. The van der Waals surface area contributed by atoms with Crippen molar-refractivity contribution >= 4 is 63.7 Å². The number of thioether (sulfide) groups is 1. The normalized spacial score (nSPS) is 15.1. The minimum Gasteiger partial charge on any atom is -0.350 e. The molecule has 0 aliphatic carbocycles. The summed E-state index contributed by atoms with van der Waals surface area (Å²) < 4.78 is 1.26. The van der Waals surface area contributed by atoms with E-state index < -0.39 is 22.6 Å². The first-order valence-electron chi connectivity index (χ1n) is 9.30. The molecule has 0 atom stereocenters. The Bertz CT molecular complexity index is 1360. The van der Waals surface area contributed by atoms with Crippen molar-refractivity contribution in [3.8, 4) is 0 Å². The van der Waals surface area contributed by atoms with Crippen LogP contribution < -0.4 is 10.9 Å². The fourth-order valence-corrected chi connectivity index (χ4v) is 4.33. The van der Waals surface area contributed by atoms with Crippen molar-refractivity contribution in [1.29, 1.82) is 0 Å². The number of imide groups is 1. The number of fused-ring (bicyclic) bond motifs is 1. The third-order valence-electron chi connectivity index (χ3n) is 4.60. The fraction of sp³-hybridized carbons (Fsp3) is 0.0952. The SMILES string of the molecule is O=C(NCCN1C(=O)S/C(=C\c2ccc(Cl)cc2Cl)C1=O)c1cnc2ccccn2c1=O. The number of halogens is 2. The van der Waals surface area contributed by atoms with Gasteiger partial charge < -0.3 is 5.32 Å². The highest BCUT2D eigenvalue weighted by atomic mass is 35.5. The summed E-state index contributed by atoms with van der Waals surface area (Å²) in [5.74, 6) is -1.14. The lowest BCUT2D eigenvalue weighted by molar-refractivity contribution is -0.122. The van der Waals surface area contributed by atoms with E-state index in [-0.39, 0.29) is 23.6 Å². The summed E-state index contributed by atoms with van der Waals surface area (Å²) in [6, 6.07) is 9.85. The Labute approximate surface area is 195 Å². The number of amides is 3. The van der Waals surface area contributed by atoms with Crippen LogP contribution in [0.15, 0.2) is 58.5 Å². The molecule has 1 aliphatic heterocycles. The van der Waals surface area contributed by atoms with Crippen LogP contribution in [-0.2, 0) is 4.79 Å². The first kappa shape index (κ1) is 22.1. The van der Waals surface area contributed by atoms with E-state index in [1.165, 1.54) is 22.9 Å². The van der Waals surface area contributed by atoms with Crippen molar-refractivity contribution in [3.05, 3.63) is 85.2 Å². The van der Waals surface area contributed by atoms with Gasteiger partial charge >= 0.3 is 0 Å². The van der Waals surface area contributed by atoms with Gasteiger partial charge in [-0.25, -0.2) is 4.98 Å². The van der Waals surface area contributed by atoms with Crippen LogP contribution in [0.1, 0.15) is 15.9 Å². The number of nitrogens with zero attached hydrogens (tertiary/aromatic N) is 3. The highest BCUT2D eigenvalue weighted by Crippen LogP contribution is 2.33. The summed E-state index contributed by atoms with van der Waals surface area (Å²) in [6.45, 7) is -0.0762. The first-order valence-corrected chi connectivity index (χ1v) is 10.9. The van der Waals surface area contributed by atoms with Crippen molar-refractivity contribution in [1.82, 2.24) is 19.6 Å². The van der Waals surface area contributed by atoms with Gasteiger partial charge in [-0.1, -0.05) is 35.3 Å². The summed E-state index contributed by atoms with van der Waals surface area (Å²) >= 11 is 12.8. The molecule has 3 aromatic rings. The molecule has 1 aromatic carbocycles. The molecule has 0 saturated carbocycles. The summed E-state index contributed by atoms with van der Waals surface area (Å²) in [7, 11) is 0. The highest BCUT2D eigenvalue weighted by molar-refractivity contribution is 8.18. The second-order valence-corrected chi connectivity index (χ2v) is 8.50. The predicted molar refractivity (Wildman–Crippen MR) is 123 cm³/mol. The quantitative estimate of drug-likeness (QED) is 0.551. The Hall–Kier alpha value is -3.14. The van der Waals surface area contributed by atoms with Crippen LogP contribution in [0.4, 0.5) is 4.79 Å². The molecule has 1 saturated heterocycles. The van der Waals surface area contributed by atoms with Gasteiger partial charge in [0, 0.05) is 35.5 Å². The van der Waals surface area contributed by atoms with Gasteiger partial charge in [0.2, 0.25) is 0 Å². The van der Waals surface area contributed by atoms with Crippen LogP contribution in [0.25, 0.3) is 11.7 Å². The molecule has 4 rings (SSSR count). The number of carbonyl (C=O) groups excluding carboxylic acids is 3. The molecule has 2 aromatic heterocycles. The van der Waals surface area contributed by atoms with Crippen molar-refractivity contribution < 1.29 is 14.4 Å². The van der Waals surface area contributed by atoms with E-state index in [2.05, 4.69) is 10.3 Å². The van der Waals surface area contributed by atoms with Crippen LogP contribution in [-0.4, -0.2) is 44.4 Å². The Balaban J connectivity index is 1.42. The van der Waals surface area contributed by atoms with E-state index >= 15 is 0 Å². The maximum atomic E-state index is 12.6. The van der Waals surface area contributed by atoms with E-state index in [4.69, 9.17) is 23.2 Å². The van der Waals surface area contributed by atoms with E-state index in [0.717, 1.165) is 16.7 Å². The maximum Gasteiger partial charge on any atom is 0.293 e. The molecule has 32 heavy (non-hydrogen) atoms. The van der Waals surface area contributed by atoms with Gasteiger partial charge in [0.1, 0.15) is 11.2 Å². The minimum atomic E-state index is -0.642. The monoisotopic (exact) mass is 488 g/mol. The molecule has 1 fully saturated rings. The zero-order valence-electron chi connectivity index (χ0n) is 16.2. The molecular weight excluding hydrogens is 475 g/mol. The minimum absolute atomic E-state index is 0.0250. The van der Waals surface area contributed by atoms with Gasteiger partial charge in [-0.2, -0.15) is 0 Å². The molecule has 0 bridgehead atoms. The Kier molecular flexibility index (Phi) is 6.31. The van der Waals surface area contributed by atoms with Crippen molar-refractivity contribution in [2.24, 2.45) is 0 Å². The second kappa shape index (κ2) is 9.15. The van der Waals surface area contributed by atoms with Crippen LogP contribution >= 0.6 is 35.0 Å². The lowest BCUT2D eigenvalue weighted by Crippen LogP contribution is -2.39. The summed E-state index contributed by atoms with van der Waals surface area (Å²) in [6.07, 6.45) is 4.23. The number of aromatic nitrogens is 2. The molecule has 0 unspecified atom stereocenters. The molecule has 8 nitrogen and oxygen atoms in total. The van der Waals surface area contributed by atoms with Crippen LogP contribution in [0, 0.1) is 0 Å². The number of hydrogen-bond donors (Lipinski definition) is 1. The number of carbonyl (C=O) groups is 3. The van der Waals surface area contributed by atoms with E-state index in [9.17, 15) is 19.2 Å². The van der Waals surface area contributed by atoms with Gasteiger partial charge in [0.15, 0.2) is 0 Å². The van der Waals surface area contributed by atoms with Crippen LogP contribution in [0.3, 0.4) is 0 Å². The lowest BCUT2D eigenvalue weighted by atomic mass is 10.2. The zero-order valence-corrected chi connectivity index (χ0v) is 18.6. The highest BCUT2D eigenvalue weighted by Gasteiger charge is 2.34. The molecule has 11 heteroatoms. The molecule has 3 amide bonds. The van der Waals surface area contributed by atoms with E-state index in [1.54, 1.807) is 36.4 Å². The number of nitrogens with one attached hydrogen (secondary N) is 1. The smallest absolute Gasteiger partial charge is 0.293 e. The van der Waals surface area contributed by atoms with Gasteiger partial charge in [-0.05, 0) is 47.7 Å². The van der Waals surface area contributed by atoms with E-state index in [1.807, 2.05) is 0 Å². The molecule has 1 aliphatic rings. The second-order valence-electron chi connectivity index (χ2n) is 6.66. The zero-order chi connectivity index (χ0) is 22.8. The Morgan fingerprint density at radius 1 is 1.16 bits per heavy atom. The molecule has 0 radical (unpaired) electrons. The molecule has 0 spiro atoms. The Morgan fingerprint density at radius 3 is 2.75 bits per heavy atom. The topological polar surface area (TPSA) is 101 Å². The van der Waals surface area contributed by atoms with Gasteiger partial charge in [-0.15, -0.1) is 0 Å². The van der Waals surface area contributed by atoms with Crippen molar-refractivity contribution in [3.63, 3.8) is 0 Å². The molecular formula is C21H14Cl2N4O4S. The average Bonchev–Trinajstić information content (AvgIpc) is 3.03. The van der Waals surface area contributed by atoms with E-state index in [0.29, 0.717) is 21.3 Å². The predicted octanol–water partition coefficient (Wildman–Crippen LogP) is 3.47. The number of pyridine rings is 1. The first-order chi connectivity index (χ1) is 15.3. The number of hydrogen-bond acceptors (Lipinski definition) is 6. The molecule has 3 heterocycles. The third-order valence-corrected chi connectivity index (χ3v) is 6.07. The summed E-state index contributed by atoms with van der Waals surface area (Å²) in [5.41, 5.74) is 0.320. The van der Waals surface area contributed by atoms with Gasteiger partial charge in [-0.3, -0.25) is 28.5 Å². The number of benzene rings is 1. The Morgan fingerprint density at radius 2 is 1.97 bits per heavy atom. The fourth-order valence-electron chi connectivity index (χ4n) is 3.01. The standard InChI is InChI=1S/C21H14Cl2N4O4S/c22-13-5-4-12(15(23)10-13)9-16-20(30)27(21(31)32-16)8-6-24-18(28)14-11-25-17-3-1-2-7-26(17)19(14)29/h1-5,7,9-11H,6,8H2,(H,24,28)/b16-9-. The number of rotatable bonds is 5. The summed E-state index contributed by atoms with van der Waals surface area (Å²) in [4.78, 5) is 55.1. The molecule has 162 valence electrons. The largest absolute Gasteiger partial charge is 0.350 e. The maximum absolute atomic E-state index is 12.6. The van der Waals surface area contributed by atoms with Crippen molar-refractivity contribution in [2.75, 3.05) is 13.1 Å². The van der Waals surface area contributed by atoms with Crippen LogP contribution in [0.5, 0.6) is 0 Å². The summed E-state index contributed by atoms with van der Waals surface area (Å²) in [5, 5.41) is 2.89. The van der Waals surface area contributed by atoms with Gasteiger partial charge in [0.05, 0.1) is 4.91 Å². The third kappa shape index (κ3) is 4.40. The van der Waals surface area contributed by atoms with Crippen molar-refractivity contribution in [2.45, 2.75) is 0 Å². The lowest BCUT2D eigenvalue weighted by Gasteiger charge is -2.13. The van der Waals surface area contributed by atoms with Gasteiger partial charge in [0.25, 0.3) is 22.6 Å². The average molecular weight is 489 g/mol. The van der Waals surface area contributed by atoms with Crippen LogP contribution in [0.2, 0.25) is 10.0 Å².